The highest BCUT2D eigenvalue weighted by Gasteiger charge is 2.46. The van der Waals surface area contributed by atoms with Gasteiger partial charge in [0.1, 0.15) is 6.04 Å². The number of ether oxygens (including phenoxy) is 1. The zero-order chi connectivity index (χ0) is 15.7. The zero-order valence-corrected chi connectivity index (χ0v) is 12.8. The van der Waals surface area contributed by atoms with Crippen LogP contribution < -0.4 is 5.32 Å². The van der Waals surface area contributed by atoms with Gasteiger partial charge < -0.3 is 15.2 Å². The fourth-order valence-electron chi connectivity index (χ4n) is 3.00. The molecule has 21 heavy (non-hydrogen) atoms. The Labute approximate surface area is 124 Å². The zero-order valence-electron chi connectivity index (χ0n) is 12.0. The molecular weight excluding hydrogens is 298 g/mol. The van der Waals surface area contributed by atoms with Gasteiger partial charge in [0.25, 0.3) is 0 Å². The standard InChI is InChI=1S/C13H21NO6S/c1-9(15)14-11(12(16)17)8-21(18,19)10-3-6-20-13(7-10)4-2-5-13/h10-11H,2-8H2,1H3,(H,14,15)(H,16,17)/t10?,11-/m0/s1. The van der Waals surface area contributed by atoms with Crippen molar-refractivity contribution in [2.75, 3.05) is 12.4 Å². The van der Waals surface area contributed by atoms with E-state index >= 15 is 0 Å². The van der Waals surface area contributed by atoms with Gasteiger partial charge in [0.15, 0.2) is 9.84 Å². The summed E-state index contributed by atoms with van der Waals surface area (Å²) in [5.41, 5.74) is -0.317. The van der Waals surface area contributed by atoms with E-state index in [1.807, 2.05) is 0 Å². The van der Waals surface area contributed by atoms with Gasteiger partial charge in [0.05, 0.1) is 16.6 Å². The molecular formula is C13H21NO6S. The molecule has 1 heterocycles. The topological polar surface area (TPSA) is 110 Å². The summed E-state index contributed by atoms with van der Waals surface area (Å²) in [6, 6.07) is -1.40. The van der Waals surface area contributed by atoms with Crippen LogP contribution >= 0.6 is 0 Å². The van der Waals surface area contributed by atoms with Gasteiger partial charge in [-0.1, -0.05) is 0 Å². The first-order valence-electron chi connectivity index (χ1n) is 7.10. The van der Waals surface area contributed by atoms with E-state index in [4.69, 9.17) is 9.84 Å². The Morgan fingerprint density at radius 1 is 1.43 bits per heavy atom. The van der Waals surface area contributed by atoms with Crippen LogP contribution in [0.4, 0.5) is 0 Å². The number of carboxylic acids is 1. The molecule has 0 radical (unpaired) electrons. The number of amides is 1. The van der Waals surface area contributed by atoms with Crippen LogP contribution in [0.25, 0.3) is 0 Å². The molecule has 0 bridgehead atoms. The molecule has 0 aromatic rings. The lowest BCUT2D eigenvalue weighted by molar-refractivity contribution is -0.140. The molecule has 1 aliphatic heterocycles. The summed E-state index contributed by atoms with van der Waals surface area (Å²) >= 11 is 0. The third kappa shape index (κ3) is 3.74. The molecule has 2 fully saturated rings. The van der Waals surface area contributed by atoms with E-state index in [0.29, 0.717) is 19.4 Å². The Morgan fingerprint density at radius 2 is 2.10 bits per heavy atom. The molecule has 0 aromatic carbocycles. The van der Waals surface area contributed by atoms with Crippen molar-refractivity contribution in [1.82, 2.24) is 5.32 Å². The highest BCUT2D eigenvalue weighted by Crippen LogP contribution is 2.43. The average molecular weight is 319 g/mol. The van der Waals surface area contributed by atoms with Crippen molar-refractivity contribution >= 4 is 21.7 Å². The van der Waals surface area contributed by atoms with E-state index in [1.165, 1.54) is 6.92 Å². The van der Waals surface area contributed by atoms with Gasteiger partial charge in [0, 0.05) is 13.5 Å². The van der Waals surface area contributed by atoms with Crippen LogP contribution in [-0.2, 0) is 24.2 Å². The molecule has 1 aliphatic carbocycles. The van der Waals surface area contributed by atoms with Crippen molar-refractivity contribution in [1.29, 1.82) is 0 Å². The third-order valence-electron chi connectivity index (χ3n) is 4.29. The number of carbonyl (C=O) groups is 2. The molecule has 0 aromatic heterocycles. The van der Waals surface area contributed by atoms with Gasteiger partial charge >= 0.3 is 5.97 Å². The molecule has 1 saturated carbocycles. The summed E-state index contributed by atoms with van der Waals surface area (Å²) in [5.74, 6) is -2.46. The second-order valence-electron chi connectivity index (χ2n) is 5.92. The molecule has 120 valence electrons. The van der Waals surface area contributed by atoms with Crippen LogP contribution in [0.2, 0.25) is 0 Å². The lowest BCUT2D eigenvalue weighted by Gasteiger charge is -2.47. The van der Waals surface area contributed by atoms with Gasteiger partial charge in [0.2, 0.25) is 5.91 Å². The minimum Gasteiger partial charge on any atom is -0.480 e. The monoisotopic (exact) mass is 319 g/mol. The molecule has 2 aliphatic rings. The van der Waals surface area contributed by atoms with Crippen LogP contribution in [0.3, 0.4) is 0 Å². The number of nitrogens with one attached hydrogen (secondary N) is 1. The molecule has 8 heteroatoms. The molecule has 1 spiro atoms. The number of carboxylic acid groups (broad SMARTS) is 1. The van der Waals surface area contributed by atoms with Gasteiger partial charge in [-0.15, -0.1) is 0 Å². The van der Waals surface area contributed by atoms with Crippen molar-refractivity contribution in [2.45, 2.75) is 55.9 Å². The maximum Gasteiger partial charge on any atom is 0.327 e. The SMILES string of the molecule is CC(=O)N[C@@H](CS(=O)(=O)C1CCOC2(CCC2)C1)C(=O)O. The minimum absolute atomic E-state index is 0.317. The summed E-state index contributed by atoms with van der Waals surface area (Å²) < 4.78 is 30.6. The molecule has 2 atom stereocenters. The normalized spacial score (nSPS) is 25.9. The number of carbonyl (C=O) groups excluding carboxylic acids is 1. The van der Waals surface area contributed by atoms with Gasteiger partial charge in [-0.2, -0.15) is 0 Å². The largest absolute Gasteiger partial charge is 0.480 e. The minimum atomic E-state index is -3.60. The maximum atomic E-state index is 12.4. The number of aliphatic carboxylic acids is 1. The molecule has 2 N–H and O–H groups in total. The fourth-order valence-corrected chi connectivity index (χ4v) is 4.97. The lowest BCUT2D eigenvalue weighted by atomic mass is 9.75. The molecule has 1 saturated heterocycles. The Hall–Kier alpha value is -1.15. The Morgan fingerprint density at radius 3 is 2.57 bits per heavy atom. The van der Waals surface area contributed by atoms with E-state index in [1.54, 1.807) is 0 Å². The predicted octanol–water partition coefficient (Wildman–Crippen LogP) is 0.0922. The first kappa shape index (κ1) is 16.2. The molecule has 2 rings (SSSR count). The van der Waals surface area contributed by atoms with E-state index in [0.717, 1.165) is 19.3 Å². The Balaban J connectivity index is 2.05. The van der Waals surface area contributed by atoms with Crippen molar-refractivity contribution in [2.24, 2.45) is 0 Å². The van der Waals surface area contributed by atoms with Gasteiger partial charge in [-0.05, 0) is 32.1 Å². The van der Waals surface area contributed by atoms with Crippen molar-refractivity contribution in [3.63, 3.8) is 0 Å². The van der Waals surface area contributed by atoms with E-state index < -0.39 is 38.8 Å². The first-order chi connectivity index (χ1) is 9.74. The van der Waals surface area contributed by atoms with E-state index in [9.17, 15) is 18.0 Å². The summed E-state index contributed by atoms with van der Waals surface area (Å²) in [7, 11) is -3.60. The summed E-state index contributed by atoms with van der Waals surface area (Å²) in [6.07, 6.45) is 3.59. The van der Waals surface area contributed by atoms with Gasteiger partial charge in [-0.3, -0.25) is 4.79 Å². The van der Waals surface area contributed by atoms with Crippen molar-refractivity contribution in [3.05, 3.63) is 0 Å². The Kier molecular flexibility index (Phi) is 4.57. The highest BCUT2D eigenvalue weighted by molar-refractivity contribution is 7.92. The number of hydrogen-bond acceptors (Lipinski definition) is 5. The molecule has 1 amide bonds. The van der Waals surface area contributed by atoms with Gasteiger partial charge in [-0.25, -0.2) is 13.2 Å². The summed E-state index contributed by atoms with van der Waals surface area (Å²) in [5, 5.41) is 10.6. The number of hydrogen-bond donors (Lipinski definition) is 2. The van der Waals surface area contributed by atoms with Crippen LogP contribution in [0.1, 0.15) is 39.0 Å². The lowest BCUT2D eigenvalue weighted by Crippen LogP contribution is -2.52. The van der Waals surface area contributed by atoms with E-state index in [-0.39, 0.29) is 5.60 Å². The predicted molar refractivity (Wildman–Crippen MR) is 74.6 cm³/mol. The van der Waals surface area contributed by atoms with Crippen molar-refractivity contribution < 1.29 is 27.9 Å². The summed E-state index contributed by atoms with van der Waals surface area (Å²) in [4.78, 5) is 22.1. The smallest absolute Gasteiger partial charge is 0.327 e. The van der Waals surface area contributed by atoms with E-state index in [2.05, 4.69) is 5.32 Å². The number of rotatable bonds is 5. The van der Waals surface area contributed by atoms with Crippen LogP contribution in [0.15, 0.2) is 0 Å². The van der Waals surface area contributed by atoms with Crippen LogP contribution in [-0.4, -0.2) is 54.7 Å². The third-order valence-corrected chi connectivity index (χ3v) is 6.51. The molecule has 1 unspecified atom stereocenters. The maximum absolute atomic E-state index is 12.4. The second kappa shape index (κ2) is 5.92. The van der Waals surface area contributed by atoms with Crippen LogP contribution in [0, 0.1) is 0 Å². The highest BCUT2D eigenvalue weighted by atomic mass is 32.2. The molecule has 7 nitrogen and oxygen atoms in total. The number of sulfone groups is 1. The quantitative estimate of drug-likeness (QED) is 0.743. The fraction of sp³-hybridized carbons (Fsp3) is 0.846. The summed E-state index contributed by atoms with van der Waals surface area (Å²) in [6.45, 7) is 1.56. The average Bonchev–Trinajstić information content (AvgIpc) is 2.35. The van der Waals surface area contributed by atoms with Crippen molar-refractivity contribution in [3.8, 4) is 0 Å². The first-order valence-corrected chi connectivity index (χ1v) is 8.81. The Bertz CT molecular complexity index is 525. The second-order valence-corrected chi connectivity index (χ2v) is 8.25. The van der Waals surface area contributed by atoms with Crippen LogP contribution in [0.5, 0.6) is 0 Å².